The van der Waals surface area contributed by atoms with E-state index >= 15 is 8.78 Å². The third-order valence-corrected chi connectivity index (χ3v) is 16.5. The molecule has 0 spiro atoms. The lowest BCUT2D eigenvalue weighted by molar-refractivity contribution is -0.156. The minimum absolute atomic E-state index is 0.0801. The van der Waals surface area contributed by atoms with Crippen LogP contribution in [0.15, 0.2) is 91.1 Å². The summed E-state index contributed by atoms with van der Waals surface area (Å²) in [6, 6.07) is 16.0. The number of piperidine rings is 1. The van der Waals surface area contributed by atoms with Crippen LogP contribution in [0.2, 0.25) is 0 Å². The summed E-state index contributed by atoms with van der Waals surface area (Å²) in [4.78, 5) is 113. The van der Waals surface area contributed by atoms with E-state index in [4.69, 9.17) is 15.5 Å². The Morgan fingerprint density at radius 3 is 2.29 bits per heavy atom. The van der Waals surface area contributed by atoms with E-state index in [1.54, 1.807) is 68.2 Å². The number of amides is 9. The van der Waals surface area contributed by atoms with Gasteiger partial charge >= 0.3 is 12.1 Å². The van der Waals surface area contributed by atoms with Crippen molar-refractivity contribution in [2.75, 3.05) is 43.0 Å². The fourth-order valence-electron chi connectivity index (χ4n) is 11.1. The Kier molecular flexibility index (Phi) is 20.5. The number of nitrogens with zero attached hydrogens (tertiary/aromatic N) is 5. The zero-order valence-corrected chi connectivity index (χ0v) is 47.1. The number of rotatable bonds is 24. The van der Waals surface area contributed by atoms with Gasteiger partial charge in [0, 0.05) is 68.1 Å². The molecule has 3 aromatic carbocycles. The zero-order chi connectivity index (χ0) is 58.6. The standard InChI is InChI=1S/C59H72F2N10O10S/c1-35(2)50(67-47(72)14-8-5-9-26-69-48(73)21-22-49(69)74)56(77)66-45(13-10-25-63-58(62)79)55(76)64-40-18-16-38(17-19-40)34-81-59(80)71-32-44(61)42-31-70(57(78)53(75)52(42)71)51(39-23-27-82-28-24-39)54-65-46(41-29-36(3)15-20-43(41)60)33-68(54)30-37-11-6-4-7-12-37/h4,6-7,11-12,15-22,29,33,35,39,42,44-45,50-53,75H,5,8-10,13-14,23-28,30-32,34H2,1-3H3,(H,64,76)(H,66,77)(H,67,72)(H3,62,63,79). The molecule has 0 saturated carbocycles. The maximum atomic E-state index is 16.4. The number of urea groups is 1. The second kappa shape index (κ2) is 27.9. The predicted molar refractivity (Wildman–Crippen MR) is 302 cm³/mol. The lowest BCUT2D eigenvalue weighted by Gasteiger charge is -2.46. The van der Waals surface area contributed by atoms with Gasteiger partial charge in [0.15, 0.2) is 6.10 Å². The number of likely N-dealkylation sites (tertiary alicyclic amines) is 2. The largest absolute Gasteiger partial charge is 0.445 e. The number of hydrogen-bond donors (Lipinski definition) is 6. The highest BCUT2D eigenvalue weighted by Crippen LogP contribution is 2.44. The molecule has 0 bridgehead atoms. The number of primary amides is 1. The van der Waals surface area contributed by atoms with E-state index < -0.39 is 90.5 Å². The number of carbonyl (C=O) groups excluding carboxylic acids is 8. The number of benzene rings is 3. The highest BCUT2D eigenvalue weighted by Gasteiger charge is 2.57. The summed E-state index contributed by atoms with van der Waals surface area (Å²) >= 11 is 1.80. The second-order valence-corrected chi connectivity index (χ2v) is 23.0. The smallest absolute Gasteiger partial charge is 0.410 e. The van der Waals surface area contributed by atoms with Crippen LogP contribution < -0.4 is 27.0 Å². The van der Waals surface area contributed by atoms with Gasteiger partial charge in [-0.1, -0.05) is 74.4 Å². The van der Waals surface area contributed by atoms with Crippen molar-refractivity contribution in [2.45, 2.75) is 122 Å². The normalized spacial score (nSPS) is 20.1. The van der Waals surface area contributed by atoms with Crippen molar-refractivity contribution in [3.63, 3.8) is 0 Å². The molecule has 0 radical (unpaired) electrons. The number of halogens is 2. The Balaban J connectivity index is 0.892. The number of imide groups is 1. The van der Waals surface area contributed by atoms with Crippen LogP contribution in [0.4, 0.5) is 24.1 Å². The Morgan fingerprint density at radius 1 is 0.878 bits per heavy atom. The lowest BCUT2D eigenvalue weighted by atomic mass is 9.84. The van der Waals surface area contributed by atoms with E-state index in [0.29, 0.717) is 54.1 Å². The Hall–Kier alpha value is -7.66. The van der Waals surface area contributed by atoms with Gasteiger partial charge in [0.05, 0.1) is 24.3 Å². The van der Waals surface area contributed by atoms with E-state index in [1.165, 1.54) is 23.1 Å². The highest BCUT2D eigenvalue weighted by atomic mass is 32.2. The first-order valence-electron chi connectivity index (χ1n) is 27.9. The number of nitrogens with one attached hydrogen (secondary N) is 4. The molecule has 3 fully saturated rings. The first-order chi connectivity index (χ1) is 39.4. The number of ether oxygens (including phenoxy) is 1. The minimum Gasteiger partial charge on any atom is -0.445 e. The monoisotopic (exact) mass is 1150 g/mol. The molecule has 7 unspecified atom stereocenters. The van der Waals surface area contributed by atoms with Gasteiger partial charge in [-0.2, -0.15) is 11.8 Å². The average molecular weight is 1150 g/mol. The molecule has 1 aromatic heterocycles. The van der Waals surface area contributed by atoms with Gasteiger partial charge < -0.3 is 46.3 Å². The molecule has 82 heavy (non-hydrogen) atoms. The van der Waals surface area contributed by atoms with Gasteiger partial charge in [0.25, 0.3) is 17.7 Å². The molecule has 5 heterocycles. The van der Waals surface area contributed by atoms with Gasteiger partial charge in [-0.25, -0.2) is 23.4 Å². The molecular weight excluding hydrogens is 1080 g/mol. The molecule has 438 valence electrons. The van der Waals surface area contributed by atoms with Gasteiger partial charge in [0.2, 0.25) is 17.7 Å². The summed E-state index contributed by atoms with van der Waals surface area (Å²) in [6.45, 7) is 5.24. The van der Waals surface area contributed by atoms with Crippen LogP contribution in [0, 0.1) is 30.5 Å². The summed E-state index contributed by atoms with van der Waals surface area (Å²) in [5.41, 5.74) is 8.51. The van der Waals surface area contributed by atoms with Crippen molar-refractivity contribution < 1.29 is 57.0 Å². The minimum atomic E-state index is -1.79. The Morgan fingerprint density at radius 2 is 1.60 bits per heavy atom. The molecule has 4 aliphatic rings. The topological polar surface area (TPSA) is 268 Å². The van der Waals surface area contributed by atoms with Crippen molar-refractivity contribution in [1.29, 1.82) is 0 Å². The number of fused-ring (bicyclic) bond motifs is 1. The van der Waals surface area contributed by atoms with Gasteiger partial charge in [0.1, 0.15) is 36.5 Å². The van der Waals surface area contributed by atoms with E-state index in [2.05, 4.69) is 21.3 Å². The van der Waals surface area contributed by atoms with Crippen LogP contribution in [0.3, 0.4) is 0 Å². The number of thioether (sulfide) groups is 1. The zero-order valence-electron chi connectivity index (χ0n) is 46.3. The number of alkyl halides is 1. The van der Waals surface area contributed by atoms with Crippen molar-refractivity contribution in [1.82, 2.24) is 40.2 Å². The van der Waals surface area contributed by atoms with Gasteiger partial charge in [-0.3, -0.25) is 38.6 Å². The second-order valence-electron chi connectivity index (χ2n) is 21.7. The summed E-state index contributed by atoms with van der Waals surface area (Å²) in [6.07, 6.45) is 3.24. The maximum Gasteiger partial charge on any atom is 0.410 e. The summed E-state index contributed by atoms with van der Waals surface area (Å²) in [5, 5.41) is 22.7. The molecule has 3 saturated heterocycles. The number of hydrogen-bond acceptors (Lipinski definition) is 12. The number of imidazole rings is 1. The first kappa shape index (κ1) is 60.4. The van der Waals surface area contributed by atoms with Crippen molar-refractivity contribution in [3.05, 3.63) is 119 Å². The number of aliphatic hydroxyl groups is 1. The van der Waals surface area contributed by atoms with E-state index in [1.807, 2.05) is 41.8 Å². The van der Waals surface area contributed by atoms with Crippen LogP contribution in [-0.4, -0.2) is 145 Å². The maximum absolute atomic E-state index is 16.4. The number of carbonyl (C=O) groups is 8. The fourth-order valence-corrected chi connectivity index (χ4v) is 12.3. The van der Waals surface area contributed by atoms with Crippen LogP contribution >= 0.6 is 11.8 Å². The number of aryl methyl sites for hydroxylation is 1. The van der Waals surface area contributed by atoms with Gasteiger partial charge in [-0.15, -0.1) is 0 Å². The average Bonchev–Trinajstić information content (AvgIpc) is 4.02. The molecule has 9 amide bonds. The van der Waals surface area contributed by atoms with Crippen molar-refractivity contribution >= 4 is 65.0 Å². The number of aliphatic hydroxyl groups excluding tert-OH is 1. The SMILES string of the molecule is Cc1ccc(F)c(-c2cn(Cc3ccccc3)c(C(C3CCSCC3)N3CC4C(F)CN(C(=O)OCc5ccc(NC(=O)C(CCCNC(N)=O)NC(=O)C(NC(=O)CCCCCN6C(=O)C=CC6=O)C(C)C)cc5)C4C(O)C3=O)n2)c1. The van der Waals surface area contributed by atoms with Crippen LogP contribution in [0.25, 0.3) is 11.3 Å². The molecule has 23 heteroatoms. The first-order valence-corrected chi connectivity index (χ1v) is 29.1. The van der Waals surface area contributed by atoms with Crippen LogP contribution in [0.5, 0.6) is 0 Å². The van der Waals surface area contributed by atoms with Gasteiger partial charge in [-0.05, 0) is 104 Å². The quantitative estimate of drug-likeness (QED) is 0.0354. The van der Waals surface area contributed by atoms with Crippen molar-refractivity contribution in [3.8, 4) is 11.3 Å². The number of unbranched alkanes of at least 4 members (excludes halogenated alkanes) is 2. The van der Waals surface area contributed by atoms with E-state index in [0.717, 1.165) is 45.3 Å². The third-order valence-electron chi connectivity index (χ3n) is 15.5. The predicted octanol–water partition coefficient (Wildman–Crippen LogP) is 5.91. The number of anilines is 1. The van der Waals surface area contributed by atoms with Crippen molar-refractivity contribution in [2.24, 2.45) is 23.5 Å². The molecular formula is C59H72F2N10O10S. The summed E-state index contributed by atoms with van der Waals surface area (Å²) in [5.74, 6) is -2.78. The van der Waals surface area contributed by atoms with E-state index in [-0.39, 0.29) is 69.2 Å². The Bertz CT molecular complexity index is 2980. The molecule has 7 atom stereocenters. The number of nitrogens with two attached hydrogens (primary N) is 1. The summed E-state index contributed by atoms with van der Waals surface area (Å²) < 4.78 is 39.6. The molecule has 4 aliphatic heterocycles. The number of aromatic nitrogens is 2. The highest BCUT2D eigenvalue weighted by molar-refractivity contribution is 7.99. The molecule has 4 aromatic rings. The fraction of sp³-hybridized carbons (Fsp3) is 0.475. The molecule has 7 N–H and O–H groups in total. The molecule has 20 nitrogen and oxygen atoms in total. The van der Waals surface area contributed by atoms with Crippen LogP contribution in [-0.2, 0) is 46.7 Å². The molecule has 8 rings (SSSR count). The molecule has 0 aliphatic carbocycles. The summed E-state index contributed by atoms with van der Waals surface area (Å²) in [7, 11) is 0. The van der Waals surface area contributed by atoms with E-state index in [9.17, 15) is 43.5 Å². The Labute approximate surface area is 479 Å². The lowest BCUT2D eigenvalue weighted by Crippen LogP contribution is -2.61. The van der Waals surface area contributed by atoms with Crippen LogP contribution in [0.1, 0.15) is 93.8 Å². The third kappa shape index (κ3) is 15.1.